The van der Waals surface area contributed by atoms with E-state index in [2.05, 4.69) is 11.9 Å². The molecule has 1 heterocycles. The fourth-order valence-corrected chi connectivity index (χ4v) is 4.43. The van der Waals surface area contributed by atoms with Crippen LogP contribution in [0.3, 0.4) is 0 Å². The summed E-state index contributed by atoms with van der Waals surface area (Å²) in [6, 6.07) is 5.41. The summed E-state index contributed by atoms with van der Waals surface area (Å²) in [5.41, 5.74) is 1.14. The van der Waals surface area contributed by atoms with Crippen LogP contribution in [0.4, 0.5) is 0 Å². The third-order valence-corrected chi connectivity index (χ3v) is 6.53. The van der Waals surface area contributed by atoms with Crippen molar-refractivity contribution in [1.29, 1.82) is 0 Å². The molecule has 0 unspecified atom stereocenters. The molecule has 0 aliphatic carbocycles. The van der Waals surface area contributed by atoms with Gasteiger partial charge in [-0.15, -0.1) is 11.3 Å². The predicted molar refractivity (Wildman–Crippen MR) is 92.3 cm³/mol. The molecule has 0 aliphatic heterocycles. The Morgan fingerprint density at radius 2 is 2.04 bits per heavy atom. The van der Waals surface area contributed by atoms with Crippen molar-refractivity contribution in [3.05, 3.63) is 23.9 Å². The van der Waals surface area contributed by atoms with Crippen molar-refractivity contribution in [2.45, 2.75) is 30.9 Å². The number of aryl methyl sites for hydroxylation is 1. The van der Waals surface area contributed by atoms with Crippen LogP contribution in [0, 0.1) is 6.92 Å². The SMILES string of the molecule is CCCCOc1ccc(-c2nc(C)c(S(=O)(=O)Cl)s2)cc1OC. The molecular weight excluding hydrogens is 358 g/mol. The lowest BCUT2D eigenvalue weighted by molar-refractivity contribution is 0.288. The molecule has 0 radical (unpaired) electrons. The summed E-state index contributed by atoms with van der Waals surface area (Å²) in [5, 5.41) is 0.570. The third-order valence-electron chi connectivity index (χ3n) is 3.14. The Labute approximate surface area is 144 Å². The van der Waals surface area contributed by atoms with Gasteiger partial charge >= 0.3 is 0 Å². The first kappa shape index (κ1) is 18.0. The largest absolute Gasteiger partial charge is 0.493 e. The van der Waals surface area contributed by atoms with Crippen LogP contribution >= 0.6 is 22.0 Å². The van der Waals surface area contributed by atoms with E-state index >= 15 is 0 Å². The van der Waals surface area contributed by atoms with Crippen LogP contribution in [-0.2, 0) is 9.05 Å². The lowest BCUT2D eigenvalue weighted by Crippen LogP contribution is -1.98. The predicted octanol–water partition coefficient (Wildman–Crippen LogP) is 4.23. The molecule has 0 atom stereocenters. The quantitative estimate of drug-likeness (QED) is 0.535. The summed E-state index contributed by atoms with van der Waals surface area (Å²) in [6.07, 6.45) is 2.02. The van der Waals surface area contributed by atoms with E-state index in [0.717, 1.165) is 29.7 Å². The van der Waals surface area contributed by atoms with E-state index in [4.69, 9.17) is 20.2 Å². The highest BCUT2D eigenvalue weighted by Crippen LogP contribution is 2.37. The maximum absolute atomic E-state index is 11.5. The van der Waals surface area contributed by atoms with Crippen LogP contribution in [0.2, 0.25) is 0 Å². The lowest BCUT2D eigenvalue weighted by Gasteiger charge is -2.11. The maximum Gasteiger partial charge on any atom is 0.272 e. The molecule has 0 spiro atoms. The number of benzene rings is 1. The number of unbranched alkanes of at least 4 members (excludes halogenated alkanes) is 1. The normalized spacial score (nSPS) is 11.5. The van der Waals surface area contributed by atoms with Crippen molar-refractivity contribution >= 4 is 31.1 Å². The standard InChI is InChI=1S/C15H18ClNO4S2/c1-4-5-8-21-12-7-6-11(9-13(12)20-3)14-17-10(2)15(22-14)23(16,18)19/h6-7,9H,4-5,8H2,1-3H3. The van der Waals surface area contributed by atoms with Gasteiger partial charge in [0.25, 0.3) is 9.05 Å². The van der Waals surface area contributed by atoms with E-state index in [1.54, 1.807) is 26.2 Å². The van der Waals surface area contributed by atoms with Crippen LogP contribution in [0.25, 0.3) is 10.6 Å². The highest BCUT2D eigenvalue weighted by Gasteiger charge is 2.20. The number of halogens is 1. The van der Waals surface area contributed by atoms with Gasteiger partial charge in [-0.2, -0.15) is 0 Å². The smallest absolute Gasteiger partial charge is 0.272 e. The van der Waals surface area contributed by atoms with E-state index in [1.807, 2.05) is 6.07 Å². The number of aromatic nitrogens is 1. The minimum atomic E-state index is -3.79. The average molecular weight is 376 g/mol. The summed E-state index contributed by atoms with van der Waals surface area (Å²) in [7, 11) is 3.19. The van der Waals surface area contributed by atoms with Crippen LogP contribution in [0.5, 0.6) is 11.5 Å². The fourth-order valence-electron chi connectivity index (χ4n) is 1.98. The minimum Gasteiger partial charge on any atom is -0.493 e. The van der Waals surface area contributed by atoms with Gasteiger partial charge in [0.1, 0.15) is 5.01 Å². The van der Waals surface area contributed by atoms with Gasteiger partial charge in [-0.3, -0.25) is 0 Å². The van der Waals surface area contributed by atoms with Gasteiger partial charge in [0.2, 0.25) is 0 Å². The van der Waals surface area contributed by atoms with Gasteiger partial charge in [-0.25, -0.2) is 13.4 Å². The Morgan fingerprint density at radius 1 is 1.30 bits per heavy atom. The van der Waals surface area contributed by atoms with Gasteiger partial charge in [-0.05, 0) is 31.5 Å². The Hall–Kier alpha value is -1.31. The van der Waals surface area contributed by atoms with Crippen molar-refractivity contribution in [2.75, 3.05) is 13.7 Å². The minimum absolute atomic E-state index is 0.0661. The van der Waals surface area contributed by atoms with E-state index in [9.17, 15) is 8.42 Å². The van der Waals surface area contributed by atoms with Crippen molar-refractivity contribution < 1.29 is 17.9 Å². The van der Waals surface area contributed by atoms with Crippen LogP contribution in [0.1, 0.15) is 25.5 Å². The van der Waals surface area contributed by atoms with Crippen molar-refractivity contribution in [1.82, 2.24) is 4.98 Å². The molecule has 1 aromatic carbocycles. The number of thiazole rings is 1. The monoisotopic (exact) mass is 375 g/mol. The molecule has 0 bridgehead atoms. The first-order chi connectivity index (χ1) is 10.9. The topological polar surface area (TPSA) is 65.5 Å². The van der Waals surface area contributed by atoms with E-state index < -0.39 is 9.05 Å². The van der Waals surface area contributed by atoms with Crippen LogP contribution < -0.4 is 9.47 Å². The van der Waals surface area contributed by atoms with E-state index in [0.29, 0.717) is 28.8 Å². The molecule has 5 nitrogen and oxygen atoms in total. The zero-order chi connectivity index (χ0) is 17.0. The lowest BCUT2D eigenvalue weighted by atomic mass is 10.2. The third kappa shape index (κ3) is 4.37. The zero-order valence-electron chi connectivity index (χ0n) is 13.1. The van der Waals surface area contributed by atoms with Gasteiger partial charge in [-0.1, -0.05) is 13.3 Å². The molecule has 0 aliphatic rings. The number of ether oxygens (including phenoxy) is 2. The van der Waals surface area contributed by atoms with Crippen LogP contribution in [0.15, 0.2) is 22.4 Å². The van der Waals surface area contributed by atoms with Gasteiger partial charge in [0.15, 0.2) is 15.7 Å². The Kier molecular flexibility index (Phi) is 5.89. The number of methoxy groups -OCH3 is 1. The second-order valence-corrected chi connectivity index (χ2v) is 8.66. The molecule has 0 N–H and O–H groups in total. The molecule has 0 amide bonds. The first-order valence-electron chi connectivity index (χ1n) is 7.10. The average Bonchev–Trinajstić information content (AvgIpc) is 2.90. The molecule has 8 heteroatoms. The molecule has 0 saturated heterocycles. The molecule has 0 saturated carbocycles. The summed E-state index contributed by atoms with van der Waals surface area (Å²) < 4.78 is 34.1. The number of rotatable bonds is 7. The second-order valence-electron chi connectivity index (χ2n) is 4.90. The fraction of sp³-hybridized carbons (Fsp3) is 0.400. The summed E-state index contributed by atoms with van der Waals surface area (Å²) in [6.45, 7) is 4.34. The summed E-state index contributed by atoms with van der Waals surface area (Å²) in [4.78, 5) is 4.29. The van der Waals surface area contributed by atoms with Crippen molar-refractivity contribution in [3.8, 4) is 22.1 Å². The highest BCUT2D eigenvalue weighted by molar-refractivity contribution is 8.15. The molecule has 2 rings (SSSR count). The molecule has 0 fully saturated rings. The first-order valence-corrected chi connectivity index (χ1v) is 10.2. The zero-order valence-corrected chi connectivity index (χ0v) is 15.5. The Bertz CT molecular complexity index is 787. The van der Waals surface area contributed by atoms with E-state index in [-0.39, 0.29) is 4.21 Å². The number of hydrogen-bond acceptors (Lipinski definition) is 6. The highest BCUT2D eigenvalue weighted by atomic mass is 35.7. The maximum atomic E-state index is 11.5. The van der Waals surface area contributed by atoms with Crippen LogP contribution in [-0.4, -0.2) is 27.1 Å². The molecule has 1 aromatic heterocycles. The Balaban J connectivity index is 2.34. The number of hydrogen-bond donors (Lipinski definition) is 0. The molecular formula is C15H18ClNO4S2. The summed E-state index contributed by atoms with van der Waals surface area (Å²) in [5.74, 6) is 1.24. The second kappa shape index (κ2) is 7.51. The van der Waals surface area contributed by atoms with Crippen molar-refractivity contribution in [2.24, 2.45) is 0 Å². The molecule has 2 aromatic rings. The van der Waals surface area contributed by atoms with E-state index in [1.165, 1.54) is 0 Å². The molecule has 126 valence electrons. The Morgan fingerprint density at radius 3 is 2.61 bits per heavy atom. The van der Waals surface area contributed by atoms with Gasteiger partial charge < -0.3 is 9.47 Å². The summed E-state index contributed by atoms with van der Waals surface area (Å²) >= 11 is 1.04. The number of nitrogens with zero attached hydrogens (tertiary/aromatic N) is 1. The van der Waals surface area contributed by atoms with Crippen molar-refractivity contribution in [3.63, 3.8) is 0 Å². The van der Waals surface area contributed by atoms with Gasteiger partial charge in [0.05, 0.1) is 19.4 Å². The molecule has 23 heavy (non-hydrogen) atoms. The van der Waals surface area contributed by atoms with Gasteiger partial charge in [0, 0.05) is 16.2 Å².